The van der Waals surface area contributed by atoms with E-state index in [1.54, 1.807) is 10.6 Å². The van der Waals surface area contributed by atoms with Gasteiger partial charge in [0, 0.05) is 20.1 Å². The van der Waals surface area contributed by atoms with Gasteiger partial charge in [0.15, 0.2) is 5.16 Å². The number of amides is 1. The highest BCUT2D eigenvalue weighted by Crippen LogP contribution is 2.60. The van der Waals surface area contributed by atoms with Crippen LogP contribution in [0.5, 0.6) is 0 Å². The second-order valence-corrected chi connectivity index (χ2v) is 11.7. The molecular formula is C26H31N5O2S. The molecule has 1 amide bonds. The van der Waals surface area contributed by atoms with Crippen molar-refractivity contribution < 1.29 is 4.79 Å². The van der Waals surface area contributed by atoms with Crippen LogP contribution in [0.4, 0.5) is 0 Å². The lowest BCUT2D eigenvalue weighted by atomic mass is 9.49. The number of rotatable bonds is 7. The SMILES string of the molecule is C=CCn1c(=O)c2ccccc2n2c(SCC(=O)N(C)CC34CC5CC(CC(C5)C3)C4)nnc12. The van der Waals surface area contributed by atoms with Crippen molar-refractivity contribution in [3.8, 4) is 0 Å². The molecule has 2 heterocycles. The molecule has 4 aliphatic carbocycles. The van der Waals surface area contributed by atoms with Gasteiger partial charge in [0.1, 0.15) is 0 Å². The lowest BCUT2D eigenvalue weighted by Gasteiger charge is -2.57. The summed E-state index contributed by atoms with van der Waals surface area (Å²) in [6, 6.07) is 7.47. The molecule has 4 saturated carbocycles. The van der Waals surface area contributed by atoms with E-state index in [1.165, 1.54) is 50.3 Å². The van der Waals surface area contributed by atoms with Crippen LogP contribution >= 0.6 is 11.8 Å². The van der Waals surface area contributed by atoms with Gasteiger partial charge < -0.3 is 4.90 Å². The monoisotopic (exact) mass is 477 g/mol. The van der Waals surface area contributed by atoms with Crippen LogP contribution in [0.2, 0.25) is 0 Å². The minimum absolute atomic E-state index is 0.113. The van der Waals surface area contributed by atoms with Crippen molar-refractivity contribution in [2.45, 2.75) is 50.2 Å². The number of thioether (sulfide) groups is 1. The number of hydrogen-bond donors (Lipinski definition) is 0. The second-order valence-electron chi connectivity index (χ2n) is 10.8. The standard InChI is InChI=1S/C26H31N5O2S/c1-3-8-30-23(33)20-6-4-5-7-21(20)31-24(30)27-28-25(31)34-15-22(32)29(2)16-26-12-17-9-18(13-26)11-19(10-17)14-26/h3-7,17-19H,1,8-16H2,2H3. The maximum Gasteiger partial charge on any atom is 0.263 e. The van der Waals surface area contributed by atoms with Gasteiger partial charge in [-0.05, 0) is 73.8 Å². The molecule has 4 aliphatic rings. The fraction of sp³-hybridized carbons (Fsp3) is 0.538. The number of benzene rings is 1. The Hall–Kier alpha value is -2.61. The van der Waals surface area contributed by atoms with Gasteiger partial charge in [-0.25, -0.2) is 0 Å². The lowest BCUT2D eigenvalue weighted by molar-refractivity contribution is -0.132. The Bertz CT molecular complexity index is 1310. The molecule has 4 bridgehead atoms. The minimum Gasteiger partial charge on any atom is -0.344 e. The summed E-state index contributed by atoms with van der Waals surface area (Å²) in [6.45, 7) is 5.00. The molecule has 2 aromatic heterocycles. The van der Waals surface area contributed by atoms with Gasteiger partial charge >= 0.3 is 0 Å². The molecule has 0 radical (unpaired) electrons. The van der Waals surface area contributed by atoms with E-state index in [9.17, 15) is 9.59 Å². The smallest absolute Gasteiger partial charge is 0.263 e. The largest absolute Gasteiger partial charge is 0.344 e. The van der Waals surface area contributed by atoms with Crippen LogP contribution in [0.1, 0.15) is 38.5 Å². The number of hydrogen-bond acceptors (Lipinski definition) is 5. The van der Waals surface area contributed by atoms with Crippen molar-refractivity contribution in [2.24, 2.45) is 23.2 Å². The minimum atomic E-state index is -0.113. The zero-order valence-corrected chi connectivity index (χ0v) is 20.5. The van der Waals surface area contributed by atoms with E-state index in [-0.39, 0.29) is 11.5 Å². The third-order valence-electron chi connectivity index (χ3n) is 8.28. The van der Waals surface area contributed by atoms with E-state index < -0.39 is 0 Å². The molecule has 0 saturated heterocycles. The highest BCUT2D eigenvalue weighted by molar-refractivity contribution is 7.99. The van der Waals surface area contributed by atoms with Crippen molar-refractivity contribution in [2.75, 3.05) is 19.3 Å². The highest BCUT2D eigenvalue weighted by Gasteiger charge is 2.51. The molecule has 178 valence electrons. The number of carbonyl (C=O) groups excluding carboxylic acids is 1. The summed E-state index contributed by atoms with van der Waals surface area (Å²) in [5.74, 6) is 3.55. The maximum absolute atomic E-state index is 13.2. The number of fused-ring (bicyclic) bond motifs is 3. The third-order valence-corrected chi connectivity index (χ3v) is 9.19. The molecule has 3 aromatic rings. The van der Waals surface area contributed by atoms with Gasteiger partial charge in [-0.15, -0.1) is 16.8 Å². The fourth-order valence-electron chi connectivity index (χ4n) is 7.43. The Labute approximate surface area is 203 Å². The molecule has 0 aliphatic heterocycles. The molecule has 34 heavy (non-hydrogen) atoms. The van der Waals surface area contributed by atoms with Gasteiger partial charge in [-0.1, -0.05) is 30.0 Å². The molecule has 4 fully saturated rings. The molecule has 0 atom stereocenters. The van der Waals surface area contributed by atoms with E-state index in [0.29, 0.717) is 34.0 Å². The average Bonchev–Trinajstić information content (AvgIpc) is 3.23. The number of aromatic nitrogens is 4. The van der Waals surface area contributed by atoms with Crippen LogP contribution in [0.3, 0.4) is 0 Å². The normalized spacial score (nSPS) is 27.5. The highest BCUT2D eigenvalue weighted by atomic mass is 32.2. The molecule has 0 unspecified atom stereocenters. The predicted molar refractivity (Wildman–Crippen MR) is 134 cm³/mol. The molecule has 1 aromatic carbocycles. The van der Waals surface area contributed by atoms with Crippen molar-refractivity contribution in [1.29, 1.82) is 0 Å². The van der Waals surface area contributed by atoms with Crippen LogP contribution in [0.25, 0.3) is 16.7 Å². The number of allylic oxidation sites excluding steroid dienone is 1. The fourth-order valence-corrected chi connectivity index (χ4v) is 8.31. The summed E-state index contributed by atoms with van der Waals surface area (Å²) >= 11 is 1.39. The van der Waals surface area contributed by atoms with Crippen LogP contribution in [0.15, 0.2) is 46.9 Å². The summed E-state index contributed by atoms with van der Waals surface area (Å²) in [5, 5.41) is 9.88. The third kappa shape index (κ3) is 3.58. The average molecular weight is 478 g/mol. The van der Waals surface area contributed by atoms with Crippen molar-refractivity contribution >= 4 is 34.3 Å². The first-order chi connectivity index (χ1) is 16.5. The summed E-state index contributed by atoms with van der Waals surface area (Å²) in [4.78, 5) is 28.1. The van der Waals surface area contributed by atoms with E-state index in [4.69, 9.17) is 0 Å². The van der Waals surface area contributed by atoms with E-state index in [0.717, 1.165) is 29.8 Å². The first-order valence-electron chi connectivity index (χ1n) is 12.3. The first-order valence-corrected chi connectivity index (χ1v) is 13.3. The lowest BCUT2D eigenvalue weighted by Crippen LogP contribution is -2.51. The molecule has 8 heteroatoms. The Morgan fingerprint density at radius 3 is 2.53 bits per heavy atom. The van der Waals surface area contributed by atoms with Gasteiger partial charge in [0.05, 0.1) is 16.7 Å². The Balaban J connectivity index is 1.22. The summed E-state index contributed by atoms with van der Waals surface area (Å²) < 4.78 is 3.46. The van der Waals surface area contributed by atoms with Crippen molar-refractivity contribution in [1.82, 2.24) is 24.1 Å². The quantitative estimate of drug-likeness (QED) is 0.380. The zero-order valence-electron chi connectivity index (χ0n) is 19.7. The van der Waals surface area contributed by atoms with Gasteiger partial charge in [-0.3, -0.25) is 18.6 Å². The van der Waals surface area contributed by atoms with Crippen molar-refractivity contribution in [3.05, 3.63) is 47.3 Å². The van der Waals surface area contributed by atoms with Crippen LogP contribution in [-0.4, -0.2) is 49.3 Å². The van der Waals surface area contributed by atoms with Crippen molar-refractivity contribution in [3.63, 3.8) is 0 Å². The molecule has 7 nitrogen and oxygen atoms in total. The van der Waals surface area contributed by atoms with E-state index in [1.807, 2.05) is 40.6 Å². The molecule has 7 rings (SSSR count). The summed E-state index contributed by atoms with van der Waals surface area (Å²) in [6.07, 6.45) is 9.82. The molecule has 0 N–H and O–H groups in total. The van der Waals surface area contributed by atoms with Crippen LogP contribution in [0, 0.1) is 23.2 Å². The topological polar surface area (TPSA) is 72.5 Å². The first kappa shape index (κ1) is 21.9. The number of carbonyl (C=O) groups is 1. The maximum atomic E-state index is 13.2. The summed E-state index contributed by atoms with van der Waals surface area (Å²) in [7, 11) is 1.96. The predicted octanol–water partition coefficient (Wildman–Crippen LogP) is 4.00. The zero-order chi connectivity index (χ0) is 23.4. The van der Waals surface area contributed by atoms with Crippen LogP contribution in [-0.2, 0) is 11.3 Å². The second kappa shape index (κ2) is 8.26. The number of para-hydroxylation sites is 1. The molecule has 0 spiro atoms. The molecular weight excluding hydrogens is 446 g/mol. The number of nitrogens with zero attached hydrogens (tertiary/aromatic N) is 5. The van der Waals surface area contributed by atoms with E-state index >= 15 is 0 Å². The van der Waals surface area contributed by atoms with Gasteiger partial charge in [-0.2, -0.15) is 0 Å². The Morgan fingerprint density at radius 1 is 1.18 bits per heavy atom. The van der Waals surface area contributed by atoms with E-state index in [2.05, 4.69) is 16.8 Å². The van der Waals surface area contributed by atoms with Gasteiger partial charge in [0.25, 0.3) is 5.56 Å². The Kier molecular flexibility index (Phi) is 5.32. The summed E-state index contributed by atoms with van der Waals surface area (Å²) in [5.41, 5.74) is 0.977. The van der Waals surface area contributed by atoms with Crippen LogP contribution < -0.4 is 5.56 Å². The van der Waals surface area contributed by atoms with Gasteiger partial charge in [0.2, 0.25) is 11.7 Å². The Morgan fingerprint density at radius 2 is 1.85 bits per heavy atom.